The van der Waals surface area contributed by atoms with Gasteiger partial charge in [-0.15, -0.1) is 24.0 Å². The molecule has 1 aliphatic rings. The Morgan fingerprint density at radius 1 is 1.10 bits per heavy atom. The zero-order valence-electron chi connectivity index (χ0n) is 17.5. The largest absolute Gasteiger partial charge is 0.489 e. The van der Waals surface area contributed by atoms with Gasteiger partial charge in [0.15, 0.2) is 5.96 Å². The number of nitrogens with zero attached hydrogens (tertiary/aromatic N) is 2. The number of ether oxygens (including phenoxy) is 2. The lowest BCUT2D eigenvalue weighted by molar-refractivity contribution is 0.122. The molecule has 1 fully saturated rings. The number of para-hydroxylation sites is 1. The van der Waals surface area contributed by atoms with Crippen molar-refractivity contribution in [3.8, 4) is 5.75 Å². The first kappa shape index (κ1) is 24.0. The summed E-state index contributed by atoms with van der Waals surface area (Å²) in [5.41, 5.74) is 3.53. The number of rotatable bonds is 8. The Balaban J connectivity index is 0.00000320. The minimum absolute atomic E-state index is 0. The van der Waals surface area contributed by atoms with Crippen LogP contribution in [0.4, 0.5) is 5.69 Å². The van der Waals surface area contributed by atoms with Crippen molar-refractivity contribution >= 4 is 35.6 Å². The monoisotopic (exact) mass is 522 g/mol. The number of nitrogens with one attached hydrogen (secondary N) is 2. The van der Waals surface area contributed by atoms with E-state index in [1.165, 1.54) is 11.3 Å². The van der Waals surface area contributed by atoms with Crippen molar-refractivity contribution in [2.75, 3.05) is 44.9 Å². The van der Waals surface area contributed by atoms with Crippen LogP contribution in [-0.4, -0.2) is 45.9 Å². The molecule has 0 aromatic heterocycles. The Morgan fingerprint density at radius 3 is 2.50 bits per heavy atom. The van der Waals surface area contributed by atoms with Gasteiger partial charge in [0.25, 0.3) is 0 Å². The molecule has 1 aliphatic heterocycles. The number of anilines is 1. The molecule has 3 rings (SSSR count). The molecule has 0 saturated carbocycles. The summed E-state index contributed by atoms with van der Waals surface area (Å²) < 4.78 is 11.1. The maximum atomic E-state index is 5.71. The number of guanidine groups is 1. The average molecular weight is 522 g/mol. The summed E-state index contributed by atoms with van der Waals surface area (Å²) in [7, 11) is 1.77. The van der Waals surface area contributed by atoms with E-state index in [4.69, 9.17) is 9.47 Å². The van der Waals surface area contributed by atoms with Gasteiger partial charge in [0.1, 0.15) is 12.4 Å². The minimum Gasteiger partial charge on any atom is -0.489 e. The van der Waals surface area contributed by atoms with Crippen LogP contribution >= 0.6 is 24.0 Å². The van der Waals surface area contributed by atoms with Crippen LogP contribution in [0, 0.1) is 0 Å². The number of halogens is 1. The smallest absolute Gasteiger partial charge is 0.191 e. The number of benzene rings is 2. The summed E-state index contributed by atoms with van der Waals surface area (Å²) in [5, 5.41) is 6.71. The number of morpholine rings is 1. The van der Waals surface area contributed by atoms with Crippen LogP contribution in [-0.2, 0) is 17.8 Å². The highest BCUT2D eigenvalue weighted by Crippen LogP contribution is 2.18. The van der Waals surface area contributed by atoms with Crippen LogP contribution in [0.15, 0.2) is 66.2 Å². The van der Waals surface area contributed by atoms with Crippen molar-refractivity contribution in [1.29, 1.82) is 0 Å². The van der Waals surface area contributed by atoms with Crippen molar-refractivity contribution in [2.24, 2.45) is 4.99 Å². The topological polar surface area (TPSA) is 58.1 Å². The maximum Gasteiger partial charge on any atom is 0.191 e. The fourth-order valence-corrected chi connectivity index (χ4v) is 3.17. The number of hydrogen-bond donors (Lipinski definition) is 2. The van der Waals surface area contributed by atoms with Crippen LogP contribution in [0.2, 0.25) is 0 Å². The minimum atomic E-state index is 0. The van der Waals surface area contributed by atoms with Crippen LogP contribution in [0.1, 0.15) is 11.1 Å². The molecule has 0 amide bonds. The molecule has 0 spiro atoms. The van der Waals surface area contributed by atoms with Crippen molar-refractivity contribution in [1.82, 2.24) is 10.6 Å². The fraction of sp³-hybridized carbons (Fsp3) is 0.348. The highest BCUT2D eigenvalue weighted by Gasteiger charge is 2.11. The molecule has 0 radical (unpaired) electrons. The Kier molecular flexibility index (Phi) is 10.5. The average Bonchev–Trinajstić information content (AvgIpc) is 2.79. The molecular formula is C23H31IN4O2. The van der Waals surface area contributed by atoms with E-state index in [9.17, 15) is 0 Å². The van der Waals surface area contributed by atoms with E-state index < -0.39 is 0 Å². The van der Waals surface area contributed by atoms with Crippen LogP contribution in [0.5, 0.6) is 5.75 Å². The standard InChI is InChI=1S/C23H30N4O2.HI/c1-3-14-29-22-7-5-4-6-20(22)18-26-23(24-2)25-17-19-8-10-21(11-9-19)27-12-15-28-16-13-27;/h3-11H,1,12-18H2,2H3,(H2,24,25,26);1H. The Morgan fingerprint density at radius 2 is 1.80 bits per heavy atom. The van der Waals surface area contributed by atoms with E-state index in [0.29, 0.717) is 19.7 Å². The quantitative estimate of drug-likeness (QED) is 0.240. The van der Waals surface area contributed by atoms with Gasteiger partial charge in [-0.05, 0) is 23.8 Å². The van der Waals surface area contributed by atoms with Crippen LogP contribution in [0.25, 0.3) is 0 Å². The van der Waals surface area contributed by atoms with Gasteiger partial charge in [0.2, 0.25) is 0 Å². The van der Waals surface area contributed by atoms with Gasteiger partial charge in [0.05, 0.1) is 13.2 Å². The molecule has 0 atom stereocenters. The summed E-state index contributed by atoms with van der Waals surface area (Å²) in [4.78, 5) is 6.67. The third-order valence-corrected chi connectivity index (χ3v) is 4.77. The van der Waals surface area contributed by atoms with Crippen molar-refractivity contribution in [3.63, 3.8) is 0 Å². The Labute approximate surface area is 196 Å². The van der Waals surface area contributed by atoms with Gasteiger partial charge in [-0.1, -0.05) is 43.0 Å². The Bertz CT molecular complexity index is 805. The van der Waals surface area contributed by atoms with Crippen molar-refractivity contribution in [2.45, 2.75) is 13.1 Å². The van der Waals surface area contributed by atoms with Gasteiger partial charge >= 0.3 is 0 Å². The zero-order valence-corrected chi connectivity index (χ0v) is 19.8. The lowest BCUT2D eigenvalue weighted by Gasteiger charge is -2.28. The van der Waals surface area contributed by atoms with Gasteiger partial charge in [-0.25, -0.2) is 0 Å². The third kappa shape index (κ3) is 7.21. The third-order valence-electron chi connectivity index (χ3n) is 4.77. The van der Waals surface area contributed by atoms with Gasteiger partial charge in [-0.2, -0.15) is 0 Å². The summed E-state index contributed by atoms with van der Waals surface area (Å²) in [6, 6.07) is 16.6. The molecule has 2 N–H and O–H groups in total. The van der Waals surface area contributed by atoms with E-state index in [1.807, 2.05) is 24.3 Å². The van der Waals surface area contributed by atoms with E-state index >= 15 is 0 Å². The zero-order chi connectivity index (χ0) is 20.3. The molecule has 0 unspecified atom stereocenters. The first-order valence-corrected chi connectivity index (χ1v) is 9.98. The van der Waals surface area contributed by atoms with Gasteiger partial charge in [0, 0.05) is 44.5 Å². The predicted octanol–water partition coefficient (Wildman–Crippen LogP) is 3.57. The molecule has 0 aliphatic carbocycles. The first-order valence-electron chi connectivity index (χ1n) is 9.98. The molecule has 2 aromatic rings. The first-order chi connectivity index (χ1) is 14.3. The lowest BCUT2D eigenvalue weighted by Crippen LogP contribution is -2.36. The second-order valence-corrected chi connectivity index (χ2v) is 6.75. The normalized spacial score (nSPS) is 13.9. The van der Waals surface area contributed by atoms with Gasteiger partial charge < -0.3 is 25.0 Å². The molecule has 2 aromatic carbocycles. The van der Waals surface area contributed by atoms with E-state index in [-0.39, 0.29) is 24.0 Å². The summed E-state index contributed by atoms with van der Waals surface area (Å²) in [6.45, 7) is 9.02. The fourth-order valence-electron chi connectivity index (χ4n) is 3.17. The molecule has 7 heteroatoms. The van der Waals surface area contributed by atoms with E-state index in [1.54, 1.807) is 13.1 Å². The van der Waals surface area contributed by atoms with Crippen molar-refractivity contribution < 1.29 is 9.47 Å². The van der Waals surface area contributed by atoms with Gasteiger partial charge in [-0.3, -0.25) is 4.99 Å². The van der Waals surface area contributed by atoms with Crippen molar-refractivity contribution in [3.05, 3.63) is 72.3 Å². The molecule has 162 valence electrons. The number of hydrogen-bond acceptors (Lipinski definition) is 4. The maximum absolute atomic E-state index is 5.71. The molecule has 1 saturated heterocycles. The number of aliphatic imine (C=N–C) groups is 1. The van der Waals surface area contributed by atoms with E-state index in [2.05, 4.69) is 51.4 Å². The molecule has 30 heavy (non-hydrogen) atoms. The van der Waals surface area contributed by atoms with Crippen LogP contribution in [0.3, 0.4) is 0 Å². The highest BCUT2D eigenvalue weighted by atomic mass is 127. The second-order valence-electron chi connectivity index (χ2n) is 6.75. The summed E-state index contributed by atoms with van der Waals surface area (Å²) in [5.74, 6) is 1.61. The summed E-state index contributed by atoms with van der Waals surface area (Å²) in [6.07, 6.45) is 1.75. The molecular weight excluding hydrogens is 491 g/mol. The second kappa shape index (κ2) is 13.1. The molecule has 6 nitrogen and oxygen atoms in total. The summed E-state index contributed by atoms with van der Waals surface area (Å²) >= 11 is 0. The highest BCUT2D eigenvalue weighted by molar-refractivity contribution is 14.0. The van der Waals surface area contributed by atoms with Crippen LogP contribution < -0.4 is 20.3 Å². The van der Waals surface area contributed by atoms with E-state index in [0.717, 1.165) is 43.6 Å². The lowest BCUT2D eigenvalue weighted by atomic mass is 10.2. The Hall–Kier alpha value is -2.26. The molecule has 0 bridgehead atoms. The SMILES string of the molecule is C=CCOc1ccccc1CNC(=NC)NCc1ccc(N2CCOCC2)cc1.I. The predicted molar refractivity (Wildman–Crippen MR) is 134 cm³/mol. The molecule has 1 heterocycles.